The standard InChI is InChI=1S/C19H22N4O2/c1-25-10-9-20-12-18(24)23-19(14-5-3-2-4-6-14)15-7-8-16-17(11-15)22-13-21-16/h2-8,11,13,19-20H,9-10,12H2,1H3,(H,21,22)(H,23,24). The third-order valence-electron chi connectivity index (χ3n) is 3.98. The maximum Gasteiger partial charge on any atom is 0.234 e. The lowest BCUT2D eigenvalue weighted by molar-refractivity contribution is -0.120. The Hall–Kier alpha value is -2.70. The van der Waals surface area contributed by atoms with Crippen molar-refractivity contribution in [3.05, 3.63) is 66.0 Å². The lowest BCUT2D eigenvalue weighted by Crippen LogP contribution is -2.37. The van der Waals surface area contributed by atoms with Crippen molar-refractivity contribution in [2.75, 3.05) is 26.8 Å². The molecule has 0 saturated carbocycles. The zero-order chi connectivity index (χ0) is 17.5. The molecule has 0 radical (unpaired) electrons. The summed E-state index contributed by atoms with van der Waals surface area (Å²) < 4.78 is 4.97. The van der Waals surface area contributed by atoms with Crippen LogP contribution in [0, 0.1) is 0 Å². The molecule has 0 spiro atoms. The summed E-state index contributed by atoms with van der Waals surface area (Å²) in [6.07, 6.45) is 1.67. The molecular weight excluding hydrogens is 316 g/mol. The van der Waals surface area contributed by atoms with Gasteiger partial charge in [0.1, 0.15) is 0 Å². The van der Waals surface area contributed by atoms with E-state index < -0.39 is 0 Å². The van der Waals surface area contributed by atoms with Gasteiger partial charge in [0.2, 0.25) is 5.91 Å². The van der Waals surface area contributed by atoms with Crippen LogP contribution in [0.3, 0.4) is 0 Å². The van der Waals surface area contributed by atoms with Crippen LogP contribution < -0.4 is 10.6 Å². The minimum absolute atomic E-state index is 0.0605. The first-order valence-corrected chi connectivity index (χ1v) is 8.25. The highest BCUT2D eigenvalue weighted by Crippen LogP contribution is 2.24. The summed E-state index contributed by atoms with van der Waals surface area (Å²) in [5.74, 6) is -0.0605. The average Bonchev–Trinajstić information content (AvgIpc) is 3.12. The number of aromatic nitrogens is 2. The number of nitrogens with one attached hydrogen (secondary N) is 3. The van der Waals surface area contributed by atoms with Gasteiger partial charge in [-0.2, -0.15) is 0 Å². The highest BCUT2D eigenvalue weighted by atomic mass is 16.5. The SMILES string of the molecule is COCCNCC(=O)NC(c1ccccc1)c1ccc2nc[nH]c2c1. The molecule has 3 aromatic rings. The fourth-order valence-electron chi connectivity index (χ4n) is 2.73. The van der Waals surface area contributed by atoms with Gasteiger partial charge in [-0.05, 0) is 23.3 Å². The Balaban J connectivity index is 1.79. The monoisotopic (exact) mass is 338 g/mol. The van der Waals surface area contributed by atoms with E-state index in [1.807, 2.05) is 48.5 Å². The minimum Gasteiger partial charge on any atom is -0.383 e. The molecule has 1 heterocycles. The van der Waals surface area contributed by atoms with E-state index in [2.05, 4.69) is 20.6 Å². The van der Waals surface area contributed by atoms with Crippen LogP contribution in [0.25, 0.3) is 11.0 Å². The predicted molar refractivity (Wildman–Crippen MR) is 97.3 cm³/mol. The molecule has 0 aliphatic carbocycles. The molecule has 6 heteroatoms. The van der Waals surface area contributed by atoms with Crippen LogP contribution in [0.15, 0.2) is 54.9 Å². The second-order valence-electron chi connectivity index (χ2n) is 5.76. The molecule has 130 valence electrons. The van der Waals surface area contributed by atoms with Crippen molar-refractivity contribution in [3.8, 4) is 0 Å². The van der Waals surface area contributed by atoms with Crippen molar-refractivity contribution in [1.29, 1.82) is 0 Å². The Bertz CT molecular complexity index is 816. The normalized spacial score (nSPS) is 12.2. The Morgan fingerprint density at radius 2 is 2.04 bits per heavy atom. The smallest absolute Gasteiger partial charge is 0.234 e. The van der Waals surface area contributed by atoms with Crippen molar-refractivity contribution < 1.29 is 9.53 Å². The van der Waals surface area contributed by atoms with Gasteiger partial charge in [0.05, 0.1) is 36.6 Å². The summed E-state index contributed by atoms with van der Waals surface area (Å²) in [4.78, 5) is 19.7. The van der Waals surface area contributed by atoms with E-state index >= 15 is 0 Å². The number of rotatable bonds is 8. The highest BCUT2D eigenvalue weighted by Gasteiger charge is 2.17. The van der Waals surface area contributed by atoms with Crippen molar-refractivity contribution in [3.63, 3.8) is 0 Å². The van der Waals surface area contributed by atoms with Crippen LogP contribution in [0.5, 0.6) is 0 Å². The van der Waals surface area contributed by atoms with Crippen molar-refractivity contribution >= 4 is 16.9 Å². The zero-order valence-electron chi connectivity index (χ0n) is 14.2. The van der Waals surface area contributed by atoms with Crippen LogP contribution in [-0.2, 0) is 9.53 Å². The first kappa shape index (κ1) is 17.1. The third-order valence-corrected chi connectivity index (χ3v) is 3.98. The van der Waals surface area contributed by atoms with E-state index in [1.54, 1.807) is 13.4 Å². The Labute approximate surface area is 146 Å². The van der Waals surface area contributed by atoms with Gasteiger partial charge < -0.3 is 20.4 Å². The van der Waals surface area contributed by atoms with Crippen molar-refractivity contribution in [2.24, 2.45) is 0 Å². The van der Waals surface area contributed by atoms with Crippen LogP contribution in [0.4, 0.5) is 0 Å². The number of carbonyl (C=O) groups is 1. The van der Waals surface area contributed by atoms with Crippen LogP contribution in [-0.4, -0.2) is 42.7 Å². The number of ether oxygens (including phenoxy) is 1. The number of imidazole rings is 1. The number of carbonyl (C=O) groups excluding carboxylic acids is 1. The van der Waals surface area contributed by atoms with Gasteiger partial charge in [0.15, 0.2) is 0 Å². The number of nitrogens with zero attached hydrogens (tertiary/aromatic N) is 1. The molecule has 1 amide bonds. The summed E-state index contributed by atoms with van der Waals surface area (Å²) >= 11 is 0. The maximum atomic E-state index is 12.3. The molecule has 1 unspecified atom stereocenters. The number of H-pyrrole nitrogens is 1. The molecule has 3 N–H and O–H groups in total. The van der Waals surface area contributed by atoms with Gasteiger partial charge in [-0.3, -0.25) is 4.79 Å². The first-order chi connectivity index (χ1) is 12.3. The lowest BCUT2D eigenvalue weighted by Gasteiger charge is -2.20. The number of hydrogen-bond acceptors (Lipinski definition) is 4. The van der Waals surface area contributed by atoms with Gasteiger partial charge in [0.25, 0.3) is 0 Å². The molecule has 0 aliphatic rings. The van der Waals surface area contributed by atoms with Gasteiger partial charge in [-0.25, -0.2) is 4.98 Å². The molecule has 1 aromatic heterocycles. The number of amides is 1. The quantitative estimate of drug-likeness (QED) is 0.549. The van der Waals surface area contributed by atoms with Crippen LogP contribution in [0.2, 0.25) is 0 Å². The van der Waals surface area contributed by atoms with E-state index in [1.165, 1.54) is 0 Å². The summed E-state index contributed by atoms with van der Waals surface area (Å²) in [7, 11) is 1.64. The van der Waals surface area contributed by atoms with Crippen LogP contribution >= 0.6 is 0 Å². The van der Waals surface area contributed by atoms with Gasteiger partial charge >= 0.3 is 0 Å². The molecule has 2 aromatic carbocycles. The van der Waals surface area contributed by atoms with Gasteiger partial charge in [-0.15, -0.1) is 0 Å². The fraction of sp³-hybridized carbons (Fsp3) is 0.263. The molecule has 1 atom stereocenters. The summed E-state index contributed by atoms with van der Waals surface area (Å²) in [5.41, 5.74) is 3.90. The number of benzene rings is 2. The molecular formula is C19H22N4O2. The molecule has 0 bridgehead atoms. The van der Waals surface area contributed by atoms with Crippen molar-refractivity contribution in [2.45, 2.75) is 6.04 Å². The first-order valence-electron chi connectivity index (χ1n) is 8.25. The fourth-order valence-corrected chi connectivity index (χ4v) is 2.73. The molecule has 3 rings (SSSR count). The lowest BCUT2D eigenvalue weighted by atomic mass is 9.98. The zero-order valence-corrected chi connectivity index (χ0v) is 14.2. The van der Waals surface area contributed by atoms with E-state index in [0.29, 0.717) is 13.2 Å². The van der Waals surface area contributed by atoms with Crippen LogP contribution in [0.1, 0.15) is 17.2 Å². The van der Waals surface area contributed by atoms with E-state index in [4.69, 9.17) is 4.74 Å². The van der Waals surface area contributed by atoms with E-state index in [9.17, 15) is 4.79 Å². The van der Waals surface area contributed by atoms with Gasteiger partial charge in [-0.1, -0.05) is 36.4 Å². The second-order valence-corrected chi connectivity index (χ2v) is 5.76. The summed E-state index contributed by atoms with van der Waals surface area (Å²) in [5, 5.41) is 6.17. The Morgan fingerprint density at radius 3 is 2.84 bits per heavy atom. The molecule has 25 heavy (non-hydrogen) atoms. The van der Waals surface area contributed by atoms with Crippen molar-refractivity contribution in [1.82, 2.24) is 20.6 Å². The molecule has 0 saturated heterocycles. The minimum atomic E-state index is -0.217. The van der Waals surface area contributed by atoms with E-state index in [0.717, 1.165) is 22.2 Å². The average molecular weight is 338 g/mol. The van der Waals surface area contributed by atoms with E-state index in [-0.39, 0.29) is 18.5 Å². The largest absolute Gasteiger partial charge is 0.383 e. The Kier molecular flexibility index (Phi) is 5.77. The second kappa shape index (κ2) is 8.41. The topological polar surface area (TPSA) is 79.0 Å². The number of hydrogen-bond donors (Lipinski definition) is 3. The maximum absolute atomic E-state index is 12.3. The summed E-state index contributed by atoms with van der Waals surface area (Å²) in [6.45, 7) is 1.46. The van der Waals surface area contributed by atoms with Gasteiger partial charge in [0, 0.05) is 13.7 Å². The number of fused-ring (bicyclic) bond motifs is 1. The highest BCUT2D eigenvalue weighted by molar-refractivity contribution is 5.80. The number of methoxy groups -OCH3 is 1. The molecule has 6 nitrogen and oxygen atoms in total. The Morgan fingerprint density at radius 1 is 1.20 bits per heavy atom. The predicted octanol–water partition coefficient (Wildman–Crippen LogP) is 2.00. The molecule has 0 fully saturated rings. The molecule has 0 aliphatic heterocycles. The number of aromatic amines is 1. The summed E-state index contributed by atoms with van der Waals surface area (Å²) in [6, 6.07) is 15.7. The third kappa shape index (κ3) is 4.43.